The molecule has 0 spiro atoms. The van der Waals surface area contributed by atoms with Crippen LogP contribution in [0.5, 0.6) is 0 Å². The van der Waals surface area contributed by atoms with E-state index in [0.717, 1.165) is 16.8 Å². The van der Waals surface area contributed by atoms with Gasteiger partial charge >= 0.3 is 0 Å². The molecule has 0 radical (unpaired) electrons. The van der Waals surface area contributed by atoms with Gasteiger partial charge in [-0.25, -0.2) is 0 Å². The second kappa shape index (κ2) is 8.64. The number of carbonyl (C=O) groups excluding carboxylic acids is 1. The number of pyridine rings is 1. The van der Waals surface area contributed by atoms with Gasteiger partial charge in [-0.1, -0.05) is 36.0 Å². The van der Waals surface area contributed by atoms with E-state index < -0.39 is 0 Å². The van der Waals surface area contributed by atoms with Gasteiger partial charge in [-0.3, -0.25) is 14.3 Å². The highest BCUT2D eigenvalue weighted by molar-refractivity contribution is 8.00. The molecule has 1 aromatic carbocycles. The summed E-state index contributed by atoms with van der Waals surface area (Å²) < 4.78 is 1.98. The highest BCUT2D eigenvalue weighted by Crippen LogP contribution is 2.31. The normalized spacial score (nSPS) is 11.8. The highest BCUT2D eigenvalue weighted by Gasteiger charge is 2.22. The predicted molar refractivity (Wildman–Crippen MR) is 108 cm³/mol. The maximum Gasteiger partial charge on any atom is 0.233 e. The van der Waals surface area contributed by atoms with Crippen LogP contribution in [-0.4, -0.2) is 37.5 Å². The van der Waals surface area contributed by atoms with Crippen molar-refractivity contribution < 1.29 is 4.79 Å². The lowest BCUT2D eigenvalue weighted by Crippen LogP contribution is -2.31. The summed E-state index contributed by atoms with van der Waals surface area (Å²) in [5.74, 6) is 0.626. The van der Waals surface area contributed by atoms with Crippen molar-refractivity contribution in [2.24, 2.45) is 0 Å². The predicted octanol–water partition coefficient (Wildman–Crippen LogP) is 3.42. The van der Waals surface area contributed by atoms with Gasteiger partial charge in [0.25, 0.3) is 0 Å². The van der Waals surface area contributed by atoms with Crippen LogP contribution in [0.2, 0.25) is 0 Å². The number of para-hydroxylation sites is 1. The summed E-state index contributed by atoms with van der Waals surface area (Å²) in [5, 5.41) is 11.9. The van der Waals surface area contributed by atoms with E-state index in [2.05, 4.69) is 27.1 Å². The van der Waals surface area contributed by atoms with Crippen molar-refractivity contribution in [3.63, 3.8) is 0 Å². The van der Waals surface area contributed by atoms with E-state index in [1.807, 2.05) is 54.8 Å². The second-order valence-corrected chi connectivity index (χ2v) is 7.27. The summed E-state index contributed by atoms with van der Waals surface area (Å²) in [5.41, 5.74) is 2.93. The minimum atomic E-state index is -0.321. The monoisotopic (exact) mass is 379 g/mol. The zero-order chi connectivity index (χ0) is 19.2. The van der Waals surface area contributed by atoms with Crippen LogP contribution in [0.4, 0.5) is 0 Å². The smallest absolute Gasteiger partial charge is 0.233 e. The number of hydrogen-bond donors (Lipinski definition) is 1. The van der Waals surface area contributed by atoms with E-state index >= 15 is 0 Å². The fourth-order valence-corrected chi connectivity index (χ4v) is 3.47. The molecule has 0 saturated carbocycles. The van der Waals surface area contributed by atoms with Crippen LogP contribution >= 0.6 is 11.8 Å². The van der Waals surface area contributed by atoms with Gasteiger partial charge in [-0.05, 0) is 37.6 Å². The molecule has 2 heterocycles. The van der Waals surface area contributed by atoms with Gasteiger partial charge in [0.2, 0.25) is 5.91 Å². The Morgan fingerprint density at radius 3 is 2.81 bits per heavy atom. The van der Waals surface area contributed by atoms with Crippen molar-refractivity contribution in [1.29, 1.82) is 0 Å². The van der Waals surface area contributed by atoms with Crippen LogP contribution in [0, 0.1) is 6.92 Å². The number of amides is 1. The lowest BCUT2D eigenvalue weighted by Gasteiger charge is -2.15. The lowest BCUT2D eigenvalue weighted by atomic mass is 10.2. The molecule has 0 fully saturated rings. The molecule has 6 nitrogen and oxygen atoms in total. The van der Waals surface area contributed by atoms with Crippen LogP contribution in [0.3, 0.4) is 0 Å². The van der Waals surface area contributed by atoms with E-state index in [1.54, 1.807) is 18.5 Å². The van der Waals surface area contributed by atoms with Crippen LogP contribution in [0.15, 0.2) is 66.6 Å². The van der Waals surface area contributed by atoms with Gasteiger partial charge in [0.1, 0.15) is 0 Å². The van der Waals surface area contributed by atoms with Crippen molar-refractivity contribution in [3.8, 4) is 17.1 Å². The van der Waals surface area contributed by atoms with Crippen molar-refractivity contribution in [1.82, 2.24) is 25.1 Å². The van der Waals surface area contributed by atoms with Crippen LogP contribution in [-0.2, 0) is 4.79 Å². The third kappa shape index (κ3) is 4.25. The average Bonchev–Trinajstić information content (AvgIpc) is 3.10. The SMILES string of the molecule is C=CCNC(=O)C(C)Sc1nnc(-c2cccnc2)n1-c1ccccc1C. The summed E-state index contributed by atoms with van der Waals surface area (Å²) in [4.78, 5) is 16.4. The summed E-state index contributed by atoms with van der Waals surface area (Å²) >= 11 is 1.37. The molecule has 3 rings (SSSR count). The van der Waals surface area contributed by atoms with Crippen LogP contribution < -0.4 is 5.32 Å². The summed E-state index contributed by atoms with van der Waals surface area (Å²) in [6.07, 6.45) is 5.14. The highest BCUT2D eigenvalue weighted by atomic mass is 32.2. The Labute approximate surface area is 162 Å². The summed E-state index contributed by atoms with van der Waals surface area (Å²) in [6.45, 7) is 7.95. The van der Waals surface area contributed by atoms with Gasteiger partial charge in [0.05, 0.1) is 10.9 Å². The molecule has 138 valence electrons. The number of nitrogens with one attached hydrogen (secondary N) is 1. The molecule has 3 aromatic rings. The number of aromatic nitrogens is 4. The number of thioether (sulfide) groups is 1. The van der Waals surface area contributed by atoms with Gasteiger partial charge in [-0.2, -0.15) is 0 Å². The molecule has 0 bridgehead atoms. The third-order valence-corrected chi connectivity index (χ3v) is 5.02. The van der Waals surface area contributed by atoms with Gasteiger partial charge in [0.15, 0.2) is 11.0 Å². The zero-order valence-corrected chi connectivity index (χ0v) is 16.1. The zero-order valence-electron chi connectivity index (χ0n) is 15.3. The first kappa shape index (κ1) is 18.8. The van der Waals surface area contributed by atoms with Crippen molar-refractivity contribution in [3.05, 3.63) is 67.0 Å². The summed E-state index contributed by atoms with van der Waals surface area (Å²) in [7, 11) is 0. The maximum atomic E-state index is 12.3. The molecule has 2 aromatic heterocycles. The van der Waals surface area contributed by atoms with Crippen molar-refractivity contribution in [2.45, 2.75) is 24.3 Å². The number of benzene rings is 1. The number of aryl methyl sites for hydroxylation is 1. The molecule has 0 aliphatic rings. The van der Waals surface area contributed by atoms with E-state index in [-0.39, 0.29) is 11.2 Å². The first-order chi connectivity index (χ1) is 13.1. The topological polar surface area (TPSA) is 72.7 Å². The van der Waals surface area contributed by atoms with E-state index in [9.17, 15) is 4.79 Å². The van der Waals surface area contributed by atoms with Crippen LogP contribution in [0.25, 0.3) is 17.1 Å². The Morgan fingerprint density at radius 1 is 1.30 bits per heavy atom. The molecule has 1 N–H and O–H groups in total. The second-order valence-electron chi connectivity index (χ2n) is 5.96. The van der Waals surface area contributed by atoms with Crippen LogP contribution in [0.1, 0.15) is 12.5 Å². The largest absolute Gasteiger partial charge is 0.352 e. The standard InChI is InChI=1S/C20H21N5OS/c1-4-11-22-19(26)15(3)27-20-24-23-18(16-9-7-12-21-13-16)25(20)17-10-6-5-8-14(17)2/h4-10,12-13,15H,1,11H2,2-3H3,(H,22,26). The fourth-order valence-electron chi connectivity index (χ4n) is 2.59. The molecular weight excluding hydrogens is 358 g/mol. The molecule has 27 heavy (non-hydrogen) atoms. The first-order valence-corrected chi connectivity index (χ1v) is 9.47. The summed E-state index contributed by atoms with van der Waals surface area (Å²) in [6, 6.07) is 11.8. The minimum absolute atomic E-state index is 0.0674. The Morgan fingerprint density at radius 2 is 2.11 bits per heavy atom. The van der Waals surface area contributed by atoms with Crippen molar-refractivity contribution >= 4 is 17.7 Å². The molecular formula is C20H21N5OS. The molecule has 1 unspecified atom stereocenters. The average molecular weight is 379 g/mol. The minimum Gasteiger partial charge on any atom is -0.352 e. The lowest BCUT2D eigenvalue weighted by molar-refractivity contribution is -0.120. The molecule has 1 amide bonds. The number of rotatable bonds is 7. The van der Waals surface area contributed by atoms with E-state index in [4.69, 9.17) is 0 Å². The number of hydrogen-bond acceptors (Lipinski definition) is 5. The number of nitrogens with zero attached hydrogens (tertiary/aromatic N) is 4. The van der Waals surface area contributed by atoms with E-state index in [1.165, 1.54) is 11.8 Å². The molecule has 0 aliphatic heterocycles. The Hall–Kier alpha value is -2.93. The maximum absolute atomic E-state index is 12.3. The fraction of sp³-hybridized carbons (Fsp3) is 0.200. The van der Waals surface area contributed by atoms with Gasteiger partial charge in [-0.15, -0.1) is 16.8 Å². The van der Waals surface area contributed by atoms with Crippen molar-refractivity contribution in [2.75, 3.05) is 6.54 Å². The number of carbonyl (C=O) groups is 1. The molecule has 0 saturated heterocycles. The molecule has 0 aliphatic carbocycles. The Kier molecular flexibility index (Phi) is 6.03. The molecule has 7 heteroatoms. The Balaban J connectivity index is 2.02. The Bertz CT molecular complexity index is 939. The third-order valence-electron chi connectivity index (χ3n) is 3.98. The van der Waals surface area contributed by atoms with Gasteiger partial charge < -0.3 is 5.32 Å². The first-order valence-electron chi connectivity index (χ1n) is 8.59. The van der Waals surface area contributed by atoms with E-state index in [0.29, 0.717) is 17.5 Å². The molecule has 1 atom stereocenters. The quantitative estimate of drug-likeness (QED) is 0.503. The van der Waals surface area contributed by atoms with Gasteiger partial charge in [0, 0.05) is 24.5 Å².